The Morgan fingerprint density at radius 2 is 1.95 bits per heavy atom. The van der Waals surface area contributed by atoms with Crippen LogP contribution >= 0.6 is 0 Å². The molecule has 0 aliphatic carbocycles. The minimum atomic E-state index is -1.03. The molecule has 19 heavy (non-hydrogen) atoms. The number of nitrogens with two attached hydrogens (primary N) is 2. The molecular formula is C12H14N2O5. The van der Waals surface area contributed by atoms with E-state index in [4.69, 9.17) is 20.9 Å². The number of benzene rings is 1. The molecule has 1 unspecified atom stereocenters. The summed E-state index contributed by atoms with van der Waals surface area (Å²) in [7, 11) is 0. The summed E-state index contributed by atoms with van der Waals surface area (Å²) in [5.74, 6) is -1.79. The fraction of sp³-hybridized carbons (Fsp3) is 0.250. The van der Waals surface area contributed by atoms with E-state index in [1.54, 1.807) is 12.1 Å². The Kier molecular flexibility index (Phi) is 4.87. The van der Waals surface area contributed by atoms with Crippen molar-refractivity contribution in [1.29, 1.82) is 0 Å². The van der Waals surface area contributed by atoms with Crippen molar-refractivity contribution in [3.8, 4) is 5.75 Å². The Hall–Kier alpha value is -2.57. The van der Waals surface area contributed by atoms with Crippen molar-refractivity contribution in [2.75, 3.05) is 6.61 Å². The third-order valence-corrected chi connectivity index (χ3v) is 2.14. The smallest absolute Gasteiger partial charge is 0.339 e. The number of hydrogen-bond donors (Lipinski definition) is 2. The Morgan fingerprint density at radius 3 is 2.53 bits per heavy atom. The summed E-state index contributed by atoms with van der Waals surface area (Å²) < 4.78 is 9.85. The second-order valence-electron chi connectivity index (χ2n) is 3.73. The quantitative estimate of drug-likeness (QED) is 0.677. The van der Waals surface area contributed by atoms with Crippen LogP contribution in [0.1, 0.15) is 17.3 Å². The number of ether oxygens (including phenoxy) is 2. The second-order valence-corrected chi connectivity index (χ2v) is 3.73. The zero-order chi connectivity index (χ0) is 14.4. The Bertz CT molecular complexity index is 501. The summed E-state index contributed by atoms with van der Waals surface area (Å²) in [6.07, 6.45) is -1.03. The van der Waals surface area contributed by atoms with Gasteiger partial charge in [0.2, 0.25) is 0 Å². The molecule has 4 N–H and O–H groups in total. The first kappa shape index (κ1) is 14.5. The molecule has 1 aromatic carbocycles. The summed E-state index contributed by atoms with van der Waals surface area (Å²) >= 11 is 0. The average molecular weight is 266 g/mol. The molecule has 0 aliphatic rings. The van der Waals surface area contributed by atoms with E-state index in [1.165, 1.54) is 19.1 Å². The number of primary amides is 2. The first-order chi connectivity index (χ1) is 8.90. The molecule has 0 aromatic heterocycles. The van der Waals surface area contributed by atoms with Gasteiger partial charge in [-0.25, -0.2) is 4.79 Å². The summed E-state index contributed by atoms with van der Waals surface area (Å²) in [5, 5.41) is 0. The van der Waals surface area contributed by atoms with Crippen molar-refractivity contribution >= 4 is 17.8 Å². The van der Waals surface area contributed by atoms with Crippen LogP contribution in [0.25, 0.3) is 0 Å². The third-order valence-electron chi connectivity index (χ3n) is 2.14. The van der Waals surface area contributed by atoms with E-state index in [1.807, 2.05) is 0 Å². The van der Waals surface area contributed by atoms with Gasteiger partial charge in [-0.2, -0.15) is 0 Å². The lowest BCUT2D eigenvalue weighted by molar-refractivity contribution is -0.125. The molecule has 0 bridgehead atoms. The summed E-state index contributed by atoms with van der Waals surface area (Å²) in [5.41, 5.74) is 10.1. The lowest BCUT2D eigenvalue weighted by Crippen LogP contribution is -2.30. The van der Waals surface area contributed by atoms with E-state index in [0.29, 0.717) is 5.75 Å². The Morgan fingerprint density at radius 1 is 1.26 bits per heavy atom. The van der Waals surface area contributed by atoms with Crippen molar-refractivity contribution in [2.45, 2.75) is 13.0 Å². The van der Waals surface area contributed by atoms with E-state index < -0.39 is 23.9 Å². The number of amides is 2. The van der Waals surface area contributed by atoms with Gasteiger partial charge in [-0.05, 0) is 25.1 Å². The average Bonchev–Trinajstić information content (AvgIpc) is 2.36. The fourth-order valence-electron chi connectivity index (χ4n) is 1.15. The van der Waals surface area contributed by atoms with Gasteiger partial charge in [-0.3, -0.25) is 9.59 Å². The summed E-state index contributed by atoms with van der Waals surface area (Å²) in [4.78, 5) is 33.0. The monoisotopic (exact) mass is 266 g/mol. The van der Waals surface area contributed by atoms with Gasteiger partial charge in [0.15, 0.2) is 12.7 Å². The van der Waals surface area contributed by atoms with Crippen LogP contribution in [-0.4, -0.2) is 30.5 Å². The highest BCUT2D eigenvalue weighted by Gasteiger charge is 2.16. The highest BCUT2D eigenvalue weighted by atomic mass is 16.5. The van der Waals surface area contributed by atoms with Crippen molar-refractivity contribution in [3.05, 3.63) is 29.8 Å². The highest BCUT2D eigenvalue weighted by Crippen LogP contribution is 2.14. The molecule has 0 saturated heterocycles. The molecule has 0 fully saturated rings. The van der Waals surface area contributed by atoms with Gasteiger partial charge in [0.1, 0.15) is 5.75 Å². The summed E-state index contributed by atoms with van der Waals surface area (Å²) in [6.45, 7) is 1.07. The molecule has 102 valence electrons. The predicted octanol–water partition coefficient (Wildman–Crippen LogP) is -0.419. The Labute approximate surface area is 109 Å². The van der Waals surface area contributed by atoms with Crippen LogP contribution in [0.15, 0.2) is 24.3 Å². The van der Waals surface area contributed by atoms with Crippen molar-refractivity contribution in [3.63, 3.8) is 0 Å². The van der Waals surface area contributed by atoms with Crippen LogP contribution < -0.4 is 16.2 Å². The van der Waals surface area contributed by atoms with Crippen LogP contribution in [0.4, 0.5) is 0 Å². The highest BCUT2D eigenvalue weighted by molar-refractivity contribution is 5.92. The molecule has 0 saturated carbocycles. The van der Waals surface area contributed by atoms with Crippen LogP contribution in [-0.2, 0) is 14.3 Å². The van der Waals surface area contributed by atoms with Gasteiger partial charge in [0.25, 0.3) is 11.8 Å². The normalized spacial score (nSPS) is 11.4. The minimum Gasteiger partial charge on any atom is -0.484 e. The number of rotatable bonds is 6. The molecule has 0 aliphatic heterocycles. The largest absolute Gasteiger partial charge is 0.484 e. The molecule has 1 rings (SSSR count). The van der Waals surface area contributed by atoms with Gasteiger partial charge in [-0.1, -0.05) is 6.07 Å². The molecule has 0 heterocycles. The number of carbonyl (C=O) groups is 3. The fourth-order valence-corrected chi connectivity index (χ4v) is 1.15. The maximum atomic E-state index is 11.7. The third kappa shape index (κ3) is 4.66. The second kappa shape index (κ2) is 6.39. The van der Waals surface area contributed by atoms with E-state index in [-0.39, 0.29) is 12.2 Å². The molecule has 1 aromatic rings. The molecule has 0 spiro atoms. The van der Waals surface area contributed by atoms with Gasteiger partial charge in [0, 0.05) is 0 Å². The standard InChI is InChI=1S/C12H14N2O5/c1-7(11(14)16)19-12(17)8-3-2-4-9(5-8)18-6-10(13)15/h2-5,7H,6H2,1H3,(H2,13,15)(H2,14,16). The van der Waals surface area contributed by atoms with Crippen LogP contribution in [0.2, 0.25) is 0 Å². The van der Waals surface area contributed by atoms with E-state index in [0.717, 1.165) is 0 Å². The number of carbonyl (C=O) groups excluding carboxylic acids is 3. The van der Waals surface area contributed by atoms with Crippen LogP contribution in [0.5, 0.6) is 5.75 Å². The predicted molar refractivity (Wildman–Crippen MR) is 65.2 cm³/mol. The molecule has 7 heteroatoms. The van der Waals surface area contributed by atoms with Gasteiger partial charge >= 0.3 is 5.97 Å². The van der Waals surface area contributed by atoms with Gasteiger partial charge in [0.05, 0.1) is 5.56 Å². The first-order valence-electron chi connectivity index (χ1n) is 5.41. The molecule has 0 radical (unpaired) electrons. The maximum absolute atomic E-state index is 11.7. The molecule has 1 atom stereocenters. The zero-order valence-corrected chi connectivity index (χ0v) is 10.3. The van der Waals surface area contributed by atoms with Gasteiger partial charge in [-0.15, -0.1) is 0 Å². The summed E-state index contributed by atoms with van der Waals surface area (Å²) in [6, 6.07) is 5.95. The topological polar surface area (TPSA) is 122 Å². The SMILES string of the molecule is CC(OC(=O)c1cccc(OCC(N)=O)c1)C(N)=O. The van der Waals surface area contributed by atoms with Gasteiger partial charge < -0.3 is 20.9 Å². The molecule has 7 nitrogen and oxygen atoms in total. The zero-order valence-electron chi connectivity index (χ0n) is 10.3. The van der Waals surface area contributed by atoms with Crippen molar-refractivity contribution in [2.24, 2.45) is 11.5 Å². The maximum Gasteiger partial charge on any atom is 0.339 e. The lowest BCUT2D eigenvalue weighted by Gasteiger charge is -2.10. The Balaban J connectivity index is 2.72. The van der Waals surface area contributed by atoms with Crippen molar-refractivity contribution in [1.82, 2.24) is 0 Å². The minimum absolute atomic E-state index is 0.176. The first-order valence-corrected chi connectivity index (χ1v) is 5.41. The van der Waals surface area contributed by atoms with E-state index in [2.05, 4.69) is 0 Å². The van der Waals surface area contributed by atoms with E-state index >= 15 is 0 Å². The number of esters is 1. The molecular weight excluding hydrogens is 252 g/mol. The van der Waals surface area contributed by atoms with Crippen LogP contribution in [0.3, 0.4) is 0 Å². The van der Waals surface area contributed by atoms with Crippen LogP contribution in [0, 0.1) is 0 Å². The van der Waals surface area contributed by atoms with Crippen molar-refractivity contribution < 1.29 is 23.9 Å². The lowest BCUT2D eigenvalue weighted by atomic mass is 10.2. The molecule has 2 amide bonds. The van der Waals surface area contributed by atoms with E-state index in [9.17, 15) is 14.4 Å². The number of hydrogen-bond acceptors (Lipinski definition) is 5.